The van der Waals surface area contributed by atoms with Crippen LogP contribution in [0.25, 0.3) is 11.1 Å². The van der Waals surface area contributed by atoms with E-state index >= 15 is 0 Å². The Morgan fingerprint density at radius 3 is 1.50 bits per heavy atom. The Bertz CT molecular complexity index is 853. The van der Waals surface area contributed by atoms with Crippen LogP contribution in [0.5, 0.6) is 11.5 Å². The van der Waals surface area contributed by atoms with Crippen molar-refractivity contribution >= 4 is 11.9 Å². The summed E-state index contributed by atoms with van der Waals surface area (Å²) in [4.78, 5) is 23.0. The smallest absolute Gasteiger partial charge is 0.339 e. The van der Waals surface area contributed by atoms with Crippen molar-refractivity contribution in [1.82, 2.24) is 0 Å². The number of para-hydroxylation sites is 2. The Balaban J connectivity index is 2.75. The molecule has 0 spiro atoms. The lowest BCUT2D eigenvalue weighted by Gasteiger charge is -2.17. The molecule has 130 valence electrons. The molecule has 0 aliphatic heterocycles. The van der Waals surface area contributed by atoms with E-state index < -0.39 is 11.9 Å². The van der Waals surface area contributed by atoms with Gasteiger partial charge in [-0.3, -0.25) is 0 Å². The Hall–Kier alpha value is -3.90. The minimum absolute atomic E-state index is 0.0195. The van der Waals surface area contributed by atoms with Crippen LogP contribution in [-0.4, -0.2) is 35.4 Å². The lowest BCUT2D eigenvalue weighted by Crippen LogP contribution is -2.07. The molecule has 2 aromatic rings. The van der Waals surface area contributed by atoms with Gasteiger partial charge in [0.1, 0.15) is 35.8 Å². The molecule has 0 saturated heterocycles. The lowest BCUT2D eigenvalue weighted by atomic mass is 9.98. The van der Waals surface area contributed by atoms with Crippen molar-refractivity contribution in [3.05, 3.63) is 47.5 Å². The first-order valence-corrected chi connectivity index (χ1v) is 7.36. The molecule has 0 aliphatic carbocycles. The van der Waals surface area contributed by atoms with Gasteiger partial charge in [-0.15, -0.1) is 12.8 Å². The summed E-state index contributed by atoms with van der Waals surface area (Å²) in [6.07, 6.45) is 10.4. The molecule has 0 heterocycles. The van der Waals surface area contributed by atoms with Gasteiger partial charge < -0.3 is 19.7 Å². The zero-order chi connectivity index (χ0) is 19.1. The van der Waals surface area contributed by atoms with Gasteiger partial charge >= 0.3 is 11.9 Å². The van der Waals surface area contributed by atoms with Crippen molar-refractivity contribution in [3.63, 3.8) is 0 Å². The van der Waals surface area contributed by atoms with Crippen LogP contribution in [0.4, 0.5) is 0 Å². The number of carboxylic acids is 2. The number of aromatic carboxylic acids is 2. The van der Waals surface area contributed by atoms with Crippen LogP contribution in [0.1, 0.15) is 20.7 Å². The molecule has 0 radical (unpaired) electrons. The first kappa shape index (κ1) is 18.4. The van der Waals surface area contributed by atoms with Crippen LogP contribution in [0.3, 0.4) is 0 Å². The van der Waals surface area contributed by atoms with Gasteiger partial charge in [-0.25, -0.2) is 9.59 Å². The maximum absolute atomic E-state index is 11.5. The fourth-order valence-electron chi connectivity index (χ4n) is 2.37. The molecular weight excluding hydrogens is 336 g/mol. The van der Waals surface area contributed by atoms with E-state index in [4.69, 9.17) is 22.3 Å². The molecule has 0 unspecified atom stereocenters. The van der Waals surface area contributed by atoms with Crippen LogP contribution >= 0.6 is 0 Å². The first-order valence-electron chi connectivity index (χ1n) is 7.36. The van der Waals surface area contributed by atoms with Crippen LogP contribution in [0, 0.1) is 24.7 Å². The number of hydrogen-bond acceptors (Lipinski definition) is 4. The monoisotopic (exact) mass is 350 g/mol. The third-order valence-electron chi connectivity index (χ3n) is 3.38. The predicted octanol–water partition coefficient (Wildman–Crippen LogP) is 2.77. The maximum Gasteiger partial charge on any atom is 0.339 e. The third kappa shape index (κ3) is 3.77. The minimum Gasteiger partial charge on any atom is -0.479 e. The molecule has 0 aromatic heterocycles. The van der Waals surface area contributed by atoms with Crippen LogP contribution in [-0.2, 0) is 0 Å². The van der Waals surface area contributed by atoms with Gasteiger partial charge in [-0.1, -0.05) is 36.1 Å². The maximum atomic E-state index is 11.5. The highest BCUT2D eigenvalue weighted by molar-refractivity contribution is 5.98. The lowest BCUT2D eigenvalue weighted by molar-refractivity contribution is 0.0681. The molecule has 0 bridgehead atoms. The first-order chi connectivity index (χ1) is 12.5. The molecule has 2 rings (SSSR count). The summed E-state index contributed by atoms with van der Waals surface area (Å²) < 4.78 is 10.9. The summed E-state index contributed by atoms with van der Waals surface area (Å²) in [7, 11) is 0. The number of rotatable bonds is 7. The molecule has 6 nitrogen and oxygen atoms in total. The van der Waals surface area contributed by atoms with Crippen LogP contribution in [0.15, 0.2) is 36.4 Å². The quantitative estimate of drug-likeness (QED) is 0.746. The molecule has 0 atom stereocenters. The number of benzene rings is 2. The second-order valence-corrected chi connectivity index (χ2v) is 4.96. The van der Waals surface area contributed by atoms with E-state index in [0.717, 1.165) is 0 Å². The molecule has 2 N–H and O–H groups in total. The number of ether oxygens (including phenoxy) is 2. The fourth-order valence-corrected chi connectivity index (χ4v) is 2.37. The number of terminal acetylenes is 2. The van der Waals surface area contributed by atoms with Crippen LogP contribution < -0.4 is 9.47 Å². The third-order valence-corrected chi connectivity index (χ3v) is 3.38. The summed E-state index contributed by atoms with van der Waals surface area (Å²) >= 11 is 0. The molecule has 2 aromatic carbocycles. The summed E-state index contributed by atoms with van der Waals surface area (Å²) in [6, 6.07) is 8.92. The summed E-state index contributed by atoms with van der Waals surface area (Å²) in [5.74, 6) is 2.17. The van der Waals surface area contributed by atoms with Gasteiger partial charge in [0.25, 0.3) is 0 Å². The van der Waals surface area contributed by atoms with Gasteiger partial charge in [-0.2, -0.15) is 0 Å². The summed E-state index contributed by atoms with van der Waals surface area (Å²) in [5.41, 5.74) is 0.438. The Morgan fingerprint density at radius 1 is 0.808 bits per heavy atom. The number of carbonyl (C=O) groups is 2. The van der Waals surface area contributed by atoms with Crippen molar-refractivity contribution in [3.8, 4) is 47.3 Å². The predicted molar refractivity (Wildman–Crippen MR) is 94.5 cm³/mol. The molecule has 6 heteroatoms. The molecule has 0 aliphatic rings. The molecule has 0 saturated carbocycles. The minimum atomic E-state index is -1.21. The van der Waals surface area contributed by atoms with E-state index in [1.54, 1.807) is 12.1 Å². The van der Waals surface area contributed by atoms with Crippen molar-refractivity contribution in [2.24, 2.45) is 0 Å². The fraction of sp³-hybridized carbons (Fsp3) is 0.100. The highest BCUT2D eigenvalue weighted by atomic mass is 16.5. The Morgan fingerprint density at radius 2 is 1.19 bits per heavy atom. The molecule has 26 heavy (non-hydrogen) atoms. The molecular formula is C20H14O6. The second kappa shape index (κ2) is 8.27. The Kier molecular flexibility index (Phi) is 5.87. The zero-order valence-electron chi connectivity index (χ0n) is 13.6. The standard InChI is InChI=1S/C20H14O6/c1-3-11-25-17-13(7-5-9-15(17)19(21)22)14-8-6-10-16(20(23)24)18(14)26-12-4-2/h1-2,5-10H,11-12H2,(H,21,22)(H,23,24). The zero-order valence-corrected chi connectivity index (χ0v) is 13.6. The van der Waals surface area contributed by atoms with E-state index in [1.165, 1.54) is 24.3 Å². The van der Waals surface area contributed by atoms with Gasteiger partial charge in [-0.05, 0) is 12.1 Å². The topological polar surface area (TPSA) is 93.1 Å². The van der Waals surface area contributed by atoms with Gasteiger partial charge in [0, 0.05) is 11.1 Å². The Labute approximate surface area is 150 Å². The number of carboxylic acid groups (broad SMARTS) is 2. The summed E-state index contributed by atoms with van der Waals surface area (Å²) in [6.45, 7) is -0.313. The van der Waals surface area contributed by atoms with Gasteiger partial charge in [0.2, 0.25) is 0 Å². The second-order valence-electron chi connectivity index (χ2n) is 4.96. The van der Waals surface area contributed by atoms with E-state index in [1.807, 2.05) is 0 Å². The van der Waals surface area contributed by atoms with Crippen molar-refractivity contribution in [2.45, 2.75) is 0 Å². The molecule has 0 fully saturated rings. The van der Waals surface area contributed by atoms with E-state index in [-0.39, 0.29) is 35.8 Å². The highest BCUT2D eigenvalue weighted by Gasteiger charge is 2.22. The van der Waals surface area contributed by atoms with Crippen LogP contribution in [0.2, 0.25) is 0 Å². The number of hydrogen-bond donors (Lipinski definition) is 2. The van der Waals surface area contributed by atoms with Crippen molar-refractivity contribution < 1.29 is 29.3 Å². The SMILES string of the molecule is C#CCOc1c(C(=O)O)cccc1-c1cccc(C(=O)O)c1OCC#C. The largest absolute Gasteiger partial charge is 0.479 e. The summed E-state index contributed by atoms with van der Waals surface area (Å²) in [5, 5.41) is 18.8. The van der Waals surface area contributed by atoms with E-state index in [9.17, 15) is 19.8 Å². The normalized spacial score (nSPS) is 9.62. The van der Waals surface area contributed by atoms with Gasteiger partial charge in [0.15, 0.2) is 0 Å². The van der Waals surface area contributed by atoms with Crippen molar-refractivity contribution in [1.29, 1.82) is 0 Å². The molecule has 0 amide bonds. The van der Waals surface area contributed by atoms with Crippen molar-refractivity contribution in [2.75, 3.05) is 13.2 Å². The van der Waals surface area contributed by atoms with E-state index in [0.29, 0.717) is 11.1 Å². The average molecular weight is 350 g/mol. The average Bonchev–Trinajstić information content (AvgIpc) is 2.63. The van der Waals surface area contributed by atoms with E-state index in [2.05, 4.69) is 11.8 Å². The van der Waals surface area contributed by atoms with Gasteiger partial charge in [0.05, 0.1) is 0 Å². The highest BCUT2D eigenvalue weighted by Crippen LogP contribution is 2.40.